The Balaban J connectivity index is 1.79. The van der Waals surface area contributed by atoms with Crippen molar-refractivity contribution in [3.8, 4) is 11.5 Å². The molecule has 1 fully saturated rings. The molecule has 8 nitrogen and oxygen atoms in total. The van der Waals surface area contributed by atoms with Crippen molar-refractivity contribution in [2.45, 2.75) is 25.6 Å². The van der Waals surface area contributed by atoms with E-state index in [4.69, 9.17) is 16.6 Å². The van der Waals surface area contributed by atoms with E-state index in [2.05, 4.69) is 5.10 Å². The molecule has 1 saturated heterocycles. The maximum atomic E-state index is 10.9. The van der Waals surface area contributed by atoms with Crippen LogP contribution in [-0.2, 0) is 6.67 Å². The lowest BCUT2D eigenvalue weighted by atomic mass is 10.1. The van der Waals surface area contributed by atoms with E-state index in [0.29, 0.717) is 12.2 Å². The van der Waals surface area contributed by atoms with E-state index in [1.807, 2.05) is 0 Å². The highest BCUT2D eigenvalue weighted by atomic mass is 32.1. The molecule has 1 aliphatic rings. The summed E-state index contributed by atoms with van der Waals surface area (Å²) in [5.74, 6) is 0.273. The number of aliphatic hydroxyl groups excluding tert-OH is 1. The number of aliphatic hydroxyl groups is 1. The molecule has 0 unspecified atom stereocenters. The molecular weight excluding hydrogens is 320 g/mol. The van der Waals surface area contributed by atoms with Gasteiger partial charge in [0, 0.05) is 30.5 Å². The fourth-order valence-corrected chi connectivity index (χ4v) is 2.84. The molecule has 3 rings (SSSR count). The van der Waals surface area contributed by atoms with Gasteiger partial charge in [-0.15, -0.1) is 5.10 Å². The van der Waals surface area contributed by atoms with Gasteiger partial charge < -0.3 is 14.4 Å². The Morgan fingerprint density at radius 3 is 2.91 bits per heavy atom. The van der Waals surface area contributed by atoms with Gasteiger partial charge in [-0.05, 0) is 18.3 Å². The van der Waals surface area contributed by atoms with Gasteiger partial charge in [0.1, 0.15) is 0 Å². The molecule has 9 heteroatoms. The van der Waals surface area contributed by atoms with Crippen molar-refractivity contribution < 1.29 is 19.3 Å². The van der Waals surface area contributed by atoms with E-state index in [1.165, 1.54) is 17.0 Å². The third kappa shape index (κ3) is 3.63. The summed E-state index contributed by atoms with van der Waals surface area (Å²) in [7, 11) is 0. The molecular formula is C14H17N4O4S+. The van der Waals surface area contributed by atoms with E-state index in [-0.39, 0.29) is 22.5 Å². The minimum Gasteiger partial charge on any atom is -0.409 e. The number of quaternary nitrogens is 1. The predicted octanol–water partition coefficient (Wildman–Crippen LogP) is 0.778. The summed E-state index contributed by atoms with van der Waals surface area (Å²) in [6, 6.07) is 6.11. The molecule has 0 radical (unpaired) electrons. The first-order chi connectivity index (χ1) is 11.0. The number of hydrogen-bond acceptors (Lipinski definition) is 6. The quantitative estimate of drug-likeness (QED) is 0.486. The number of rotatable bonds is 4. The topological polar surface area (TPSA) is 98.8 Å². The molecule has 0 spiro atoms. The molecule has 0 aliphatic carbocycles. The highest BCUT2D eigenvalue weighted by Gasteiger charge is 2.22. The maximum Gasteiger partial charge on any atom is 0.292 e. The smallest absolute Gasteiger partial charge is 0.292 e. The second-order valence-corrected chi connectivity index (χ2v) is 5.97. The van der Waals surface area contributed by atoms with Gasteiger partial charge in [-0.1, -0.05) is 6.07 Å². The van der Waals surface area contributed by atoms with Crippen LogP contribution in [0.4, 0.5) is 5.69 Å². The molecule has 1 aliphatic heterocycles. The molecule has 23 heavy (non-hydrogen) atoms. The number of nitrogens with zero attached hydrogens (tertiary/aromatic N) is 3. The zero-order chi connectivity index (χ0) is 16.4. The van der Waals surface area contributed by atoms with Crippen molar-refractivity contribution in [2.24, 2.45) is 0 Å². The minimum atomic E-state index is -0.460. The van der Waals surface area contributed by atoms with Crippen LogP contribution in [-0.4, -0.2) is 39.0 Å². The number of benzene rings is 1. The lowest BCUT2D eigenvalue weighted by molar-refractivity contribution is -0.929. The van der Waals surface area contributed by atoms with Gasteiger partial charge in [-0.3, -0.25) is 10.1 Å². The second kappa shape index (κ2) is 6.57. The molecule has 0 atom stereocenters. The fraction of sp³-hybridized carbons (Fsp3) is 0.429. The average molecular weight is 337 g/mol. The van der Waals surface area contributed by atoms with Crippen LogP contribution in [0.5, 0.6) is 0 Å². The lowest BCUT2D eigenvalue weighted by Crippen LogP contribution is -3.12. The molecule has 122 valence electrons. The summed E-state index contributed by atoms with van der Waals surface area (Å²) in [5, 5.41) is 24.7. The normalized spacial score (nSPS) is 21.3. The van der Waals surface area contributed by atoms with Crippen molar-refractivity contribution in [2.75, 3.05) is 13.1 Å². The van der Waals surface area contributed by atoms with Crippen molar-refractivity contribution in [1.82, 2.24) is 9.78 Å². The Labute approximate surface area is 137 Å². The first-order valence-electron chi connectivity index (χ1n) is 7.37. The Morgan fingerprint density at radius 1 is 1.48 bits per heavy atom. The van der Waals surface area contributed by atoms with E-state index in [9.17, 15) is 15.2 Å². The Hall–Kier alpha value is -2.10. The number of nitro benzene ring substituents is 1. The van der Waals surface area contributed by atoms with Crippen LogP contribution < -0.4 is 4.90 Å². The second-order valence-electron chi connectivity index (χ2n) is 5.62. The molecule has 0 bridgehead atoms. The molecule has 2 N–H and O–H groups in total. The third-order valence-corrected chi connectivity index (χ3v) is 4.24. The van der Waals surface area contributed by atoms with Gasteiger partial charge in [0.25, 0.3) is 10.5 Å². The number of likely N-dealkylation sites (tertiary alicyclic amines) is 1. The summed E-state index contributed by atoms with van der Waals surface area (Å²) < 4.78 is 7.07. The van der Waals surface area contributed by atoms with Crippen LogP contribution >= 0.6 is 12.2 Å². The largest absolute Gasteiger partial charge is 0.409 e. The molecule has 2 heterocycles. The Bertz CT molecular complexity index is 764. The summed E-state index contributed by atoms with van der Waals surface area (Å²) >= 11 is 5.19. The molecule has 1 aromatic heterocycles. The van der Waals surface area contributed by atoms with Crippen LogP contribution in [0, 0.1) is 15.0 Å². The number of non-ortho nitro benzene ring substituents is 1. The Kier molecular flexibility index (Phi) is 4.51. The lowest BCUT2D eigenvalue weighted by Gasteiger charge is -2.25. The van der Waals surface area contributed by atoms with Crippen LogP contribution in [0.3, 0.4) is 0 Å². The van der Waals surface area contributed by atoms with Crippen LogP contribution in [0.15, 0.2) is 28.7 Å². The third-order valence-electron chi connectivity index (χ3n) is 3.95. The van der Waals surface area contributed by atoms with Gasteiger partial charge >= 0.3 is 0 Å². The number of nitro groups is 1. The summed E-state index contributed by atoms with van der Waals surface area (Å²) in [4.78, 5) is 11.9. The van der Waals surface area contributed by atoms with Crippen molar-refractivity contribution >= 4 is 17.9 Å². The van der Waals surface area contributed by atoms with E-state index in [1.54, 1.807) is 16.8 Å². The van der Waals surface area contributed by atoms with Gasteiger partial charge in [0.2, 0.25) is 5.89 Å². The fourth-order valence-electron chi connectivity index (χ4n) is 2.66. The van der Waals surface area contributed by atoms with Gasteiger partial charge in [-0.25, -0.2) is 0 Å². The van der Waals surface area contributed by atoms with Crippen LogP contribution in [0.1, 0.15) is 12.8 Å². The van der Waals surface area contributed by atoms with Crippen LogP contribution in [0.25, 0.3) is 11.5 Å². The van der Waals surface area contributed by atoms with Gasteiger partial charge in [0.15, 0.2) is 6.67 Å². The Morgan fingerprint density at radius 2 is 2.22 bits per heavy atom. The predicted molar refractivity (Wildman–Crippen MR) is 83.4 cm³/mol. The summed E-state index contributed by atoms with van der Waals surface area (Å²) in [6.45, 7) is 2.26. The standard InChI is InChI=1S/C14H16N4O4S/c19-12-4-6-16(7-5-12)9-17-14(23)22-13(15-17)10-2-1-3-11(8-10)18(20)21/h1-3,8,12,19H,4-7,9H2/p+1. The number of nitrogens with one attached hydrogen (secondary N) is 1. The SMILES string of the molecule is O=[N+]([O-])c1cccc(-c2nn(C[NH+]3CCC(O)CC3)c(=S)o2)c1. The van der Waals surface area contributed by atoms with Crippen molar-refractivity contribution in [3.63, 3.8) is 0 Å². The highest BCUT2D eigenvalue weighted by molar-refractivity contribution is 7.71. The number of aromatic nitrogens is 2. The van der Waals surface area contributed by atoms with E-state index in [0.717, 1.165) is 25.9 Å². The van der Waals surface area contributed by atoms with E-state index >= 15 is 0 Å². The van der Waals surface area contributed by atoms with E-state index < -0.39 is 4.92 Å². The van der Waals surface area contributed by atoms with Crippen molar-refractivity contribution in [1.29, 1.82) is 0 Å². The highest BCUT2D eigenvalue weighted by Crippen LogP contribution is 2.22. The zero-order valence-electron chi connectivity index (χ0n) is 12.3. The summed E-state index contributed by atoms with van der Waals surface area (Å²) in [5.41, 5.74) is 0.502. The van der Waals surface area contributed by atoms with Gasteiger partial charge in [-0.2, -0.15) is 4.68 Å². The number of piperidine rings is 1. The monoisotopic (exact) mass is 337 g/mol. The molecule has 2 aromatic rings. The molecule has 0 saturated carbocycles. The summed E-state index contributed by atoms with van der Waals surface area (Å²) in [6.07, 6.45) is 1.31. The average Bonchev–Trinajstić information content (AvgIpc) is 2.91. The first-order valence-corrected chi connectivity index (χ1v) is 7.78. The van der Waals surface area contributed by atoms with Crippen molar-refractivity contribution in [3.05, 3.63) is 39.2 Å². The van der Waals surface area contributed by atoms with Gasteiger partial charge in [0.05, 0.1) is 24.1 Å². The first kappa shape index (κ1) is 15.8. The zero-order valence-corrected chi connectivity index (χ0v) is 13.2. The number of hydrogen-bond donors (Lipinski definition) is 2. The molecule has 1 aromatic carbocycles. The minimum absolute atomic E-state index is 0.0196. The molecule has 0 amide bonds. The maximum absolute atomic E-state index is 10.9. The van der Waals surface area contributed by atoms with Crippen LogP contribution in [0.2, 0.25) is 0 Å².